The fourth-order valence-electron chi connectivity index (χ4n) is 4.15. The summed E-state index contributed by atoms with van der Waals surface area (Å²) in [5.41, 5.74) is 6.46. The number of nitrogens with one attached hydrogen (secondary N) is 1. The molecule has 1 amide bonds. The van der Waals surface area contributed by atoms with E-state index in [0.29, 0.717) is 12.0 Å². The molecular weight excluding hydrogens is 423 g/mol. The Bertz CT molecular complexity index is 1250. The van der Waals surface area contributed by atoms with E-state index in [0.717, 1.165) is 22.2 Å². The van der Waals surface area contributed by atoms with E-state index in [1.54, 1.807) is 12.1 Å². The van der Waals surface area contributed by atoms with Crippen molar-refractivity contribution in [3.8, 4) is 11.5 Å². The molecule has 0 fully saturated rings. The predicted molar refractivity (Wildman–Crippen MR) is 124 cm³/mol. The first-order valence-corrected chi connectivity index (χ1v) is 14.0. The number of methoxy groups -OCH3 is 1. The van der Waals surface area contributed by atoms with Crippen molar-refractivity contribution in [1.29, 1.82) is 0 Å². The number of carbonyl (C=O) groups excluding carboxylic acids is 2. The summed E-state index contributed by atoms with van der Waals surface area (Å²) in [6.45, 7) is 6.15. The molecule has 2 aromatic carbocycles. The third-order valence-corrected chi connectivity index (χ3v) is 6.44. The summed E-state index contributed by atoms with van der Waals surface area (Å²) in [6, 6.07) is 12.3. The molecule has 32 heavy (non-hydrogen) atoms. The summed E-state index contributed by atoms with van der Waals surface area (Å²) in [4.78, 5) is 31.2. The Morgan fingerprint density at radius 1 is 1.12 bits per heavy atom. The largest absolute Gasteiger partial charge is 0.467 e. The summed E-state index contributed by atoms with van der Waals surface area (Å²) in [5, 5.41) is 0.990. The van der Waals surface area contributed by atoms with E-state index in [1.807, 2.05) is 24.3 Å². The number of para-hydroxylation sites is 1. The monoisotopic (exact) mass is 448 g/mol. The van der Waals surface area contributed by atoms with Crippen LogP contribution in [-0.2, 0) is 20.7 Å². The molecule has 3 aromatic rings. The van der Waals surface area contributed by atoms with Gasteiger partial charge < -0.3 is 14.6 Å². The third kappa shape index (κ3) is 4.06. The number of aromatic nitrogens is 1. The van der Waals surface area contributed by atoms with Crippen molar-refractivity contribution in [3.63, 3.8) is 0 Å². The quantitative estimate of drug-likeness (QED) is 0.363. The maximum Gasteiger partial charge on any atom is 0.328 e. The molecule has 0 spiro atoms. The van der Waals surface area contributed by atoms with Crippen molar-refractivity contribution in [3.05, 3.63) is 71.2 Å². The molecule has 0 aliphatic carbocycles. The number of esters is 1. The lowest BCUT2D eigenvalue weighted by Gasteiger charge is -2.39. The van der Waals surface area contributed by atoms with Crippen molar-refractivity contribution < 1.29 is 18.7 Å². The maximum atomic E-state index is 13.7. The second-order valence-corrected chi connectivity index (χ2v) is 13.7. The number of carbonyl (C=O) groups is 2. The van der Waals surface area contributed by atoms with Crippen LogP contribution in [0.2, 0.25) is 19.6 Å². The molecule has 1 aliphatic heterocycles. The van der Waals surface area contributed by atoms with Gasteiger partial charge >= 0.3 is 5.97 Å². The van der Waals surface area contributed by atoms with Gasteiger partial charge in [0.15, 0.2) is 0 Å². The zero-order valence-corrected chi connectivity index (χ0v) is 19.5. The first-order valence-electron chi connectivity index (χ1n) is 10.5. The molecule has 0 bridgehead atoms. The second-order valence-electron chi connectivity index (χ2n) is 8.97. The minimum atomic E-state index is -1.83. The number of aromatic amines is 1. The molecule has 0 radical (unpaired) electrons. The molecule has 4 rings (SSSR count). The molecule has 1 N–H and O–H groups in total. The molecule has 2 heterocycles. The Balaban J connectivity index is 1.95. The van der Waals surface area contributed by atoms with E-state index in [2.05, 4.69) is 36.1 Å². The summed E-state index contributed by atoms with van der Waals surface area (Å²) < 4.78 is 18.8. The number of H-pyrrole nitrogens is 1. The fraction of sp³-hybridized carbons (Fsp3) is 0.280. The van der Waals surface area contributed by atoms with Crippen LogP contribution in [0.15, 0.2) is 48.5 Å². The molecule has 2 atom stereocenters. The fourth-order valence-corrected chi connectivity index (χ4v) is 4.64. The molecule has 1 aliphatic rings. The highest BCUT2D eigenvalue weighted by Gasteiger charge is 2.43. The van der Waals surface area contributed by atoms with E-state index >= 15 is 0 Å². The van der Waals surface area contributed by atoms with Crippen LogP contribution in [0.1, 0.15) is 22.9 Å². The van der Waals surface area contributed by atoms with Crippen molar-refractivity contribution >= 4 is 30.9 Å². The summed E-state index contributed by atoms with van der Waals surface area (Å²) in [5.74, 6) is 1.46. The number of nitrogens with zero attached hydrogens (tertiary/aromatic N) is 1. The van der Waals surface area contributed by atoms with E-state index in [4.69, 9.17) is 4.74 Å². The average Bonchev–Trinajstić information content (AvgIpc) is 3.14. The Hall–Kier alpha value is -3.37. The van der Waals surface area contributed by atoms with Crippen LogP contribution in [0, 0.1) is 17.3 Å². The molecule has 5 nitrogen and oxygen atoms in total. The molecule has 1 aromatic heterocycles. The van der Waals surface area contributed by atoms with Gasteiger partial charge in [0.05, 0.1) is 13.2 Å². The van der Waals surface area contributed by atoms with Crippen LogP contribution in [0.4, 0.5) is 4.39 Å². The standard InChI is InChI=1S/C25H25FN2O3Si/c1-31-25(30)21-15-19-18-7-5-6-8-20(18)27-23(19)24(16-9-11-17(26)12-10-16)28(21)22(29)13-14-32(2,3)4/h5-12,21,24,27H,15H2,1-4H3/t21-,24+/m1/s1. The number of halogens is 1. The van der Waals surface area contributed by atoms with Crippen LogP contribution < -0.4 is 0 Å². The van der Waals surface area contributed by atoms with Crippen LogP contribution in [0.25, 0.3) is 10.9 Å². The minimum Gasteiger partial charge on any atom is -0.467 e. The predicted octanol–water partition coefficient (Wildman–Crippen LogP) is 4.20. The van der Waals surface area contributed by atoms with Gasteiger partial charge in [-0.15, -0.1) is 5.54 Å². The van der Waals surface area contributed by atoms with Gasteiger partial charge in [-0.05, 0) is 35.2 Å². The highest BCUT2D eigenvalue weighted by Crippen LogP contribution is 2.41. The second kappa shape index (κ2) is 8.28. The van der Waals surface area contributed by atoms with E-state index in [9.17, 15) is 14.0 Å². The lowest BCUT2D eigenvalue weighted by molar-refractivity contribution is -0.153. The lowest BCUT2D eigenvalue weighted by Crippen LogP contribution is -2.51. The average molecular weight is 449 g/mol. The van der Waals surface area contributed by atoms with Crippen LogP contribution >= 0.6 is 0 Å². The minimum absolute atomic E-state index is 0.310. The highest BCUT2D eigenvalue weighted by atomic mass is 28.3. The lowest BCUT2D eigenvalue weighted by atomic mass is 9.88. The number of ether oxygens (including phenoxy) is 1. The zero-order chi connectivity index (χ0) is 23.0. The summed E-state index contributed by atoms with van der Waals surface area (Å²) >= 11 is 0. The van der Waals surface area contributed by atoms with Crippen LogP contribution in [0.5, 0.6) is 0 Å². The van der Waals surface area contributed by atoms with Crippen molar-refractivity contribution in [2.45, 2.75) is 38.1 Å². The van der Waals surface area contributed by atoms with E-state index in [1.165, 1.54) is 24.1 Å². The van der Waals surface area contributed by atoms with Gasteiger partial charge in [-0.2, -0.15) is 0 Å². The molecule has 0 saturated carbocycles. The summed E-state index contributed by atoms with van der Waals surface area (Å²) in [7, 11) is -0.514. The normalized spacial score (nSPS) is 18.0. The van der Waals surface area contributed by atoms with Crippen molar-refractivity contribution in [2.75, 3.05) is 7.11 Å². The first kappa shape index (κ1) is 21.8. The topological polar surface area (TPSA) is 62.4 Å². The Morgan fingerprint density at radius 3 is 2.47 bits per heavy atom. The molecule has 0 unspecified atom stereocenters. The van der Waals surface area contributed by atoms with Gasteiger partial charge in [-0.25, -0.2) is 9.18 Å². The number of hydrogen-bond acceptors (Lipinski definition) is 3. The molecular formula is C25H25FN2O3Si. The number of rotatable bonds is 2. The zero-order valence-electron chi connectivity index (χ0n) is 18.5. The smallest absolute Gasteiger partial charge is 0.328 e. The van der Waals surface area contributed by atoms with Gasteiger partial charge in [-0.1, -0.05) is 50.0 Å². The maximum absolute atomic E-state index is 13.7. The van der Waals surface area contributed by atoms with Crippen molar-refractivity contribution in [2.24, 2.45) is 0 Å². The number of amides is 1. The SMILES string of the molecule is COC(=O)[C@H]1Cc2c([nH]c3ccccc23)[C@H](c2ccc(F)cc2)N1C(=O)C#C[Si](C)(C)C. The number of benzene rings is 2. The van der Waals surface area contributed by atoms with Crippen molar-refractivity contribution in [1.82, 2.24) is 9.88 Å². The van der Waals surface area contributed by atoms with Crippen LogP contribution in [0.3, 0.4) is 0 Å². The van der Waals surface area contributed by atoms with Gasteiger partial charge in [0, 0.05) is 23.0 Å². The first-order chi connectivity index (χ1) is 15.2. The van der Waals surface area contributed by atoms with Gasteiger partial charge in [0.1, 0.15) is 19.9 Å². The Labute approximate surface area is 187 Å². The number of hydrogen-bond donors (Lipinski definition) is 1. The van der Waals surface area contributed by atoms with Gasteiger partial charge in [0.25, 0.3) is 5.91 Å². The third-order valence-electron chi connectivity index (χ3n) is 5.57. The molecule has 0 saturated heterocycles. The van der Waals surface area contributed by atoms with E-state index in [-0.39, 0.29) is 5.82 Å². The van der Waals surface area contributed by atoms with Crippen LogP contribution in [-0.4, -0.2) is 43.0 Å². The molecule has 7 heteroatoms. The summed E-state index contributed by atoms with van der Waals surface area (Å²) in [6.07, 6.45) is 0.310. The van der Waals surface area contributed by atoms with Gasteiger partial charge in [0.2, 0.25) is 0 Å². The van der Waals surface area contributed by atoms with Gasteiger partial charge in [-0.3, -0.25) is 4.79 Å². The number of fused-ring (bicyclic) bond motifs is 3. The van der Waals surface area contributed by atoms with E-state index < -0.39 is 32.0 Å². The Morgan fingerprint density at radius 2 is 1.81 bits per heavy atom. The molecule has 164 valence electrons. The highest BCUT2D eigenvalue weighted by molar-refractivity contribution is 6.84. The Kier molecular flexibility index (Phi) is 5.65.